The van der Waals surface area contributed by atoms with Crippen LogP contribution in [0.5, 0.6) is 0 Å². The fourth-order valence-electron chi connectivity index (χ4n) is 2.69. The smallest absolute Gasteiger partial charge is 0.225 e. The molecule has 3 heterocycles. The van der Waals surface area contributed by atoms with Gasteiger partial charge in [0, 0.05) is 6.42 Å². The number of nitrogens with one attached hydrogen (secondary N) is 1. The number of amides is 1. The van der Waals surface area contributed by atoms with Crippen molar-refractivity contribution in [1.82, 2.24) is 19.5 Å². The summed E-state index contributed by atoms with van der Waals surface area (Å²) >= 11 is 0. The van der Waals surface area contributed by atoms with Crippen LogP contribution in [0.1, 0.15) is 18.9 Å². The zero-order valence-corrected chi connectivity index (χ0v) is 13.0. The minimum absolute atomic E-state index is 0.186. The van der Waals surface area contributed by atoms with E-state index in [4.69, 9.17) is 4.74 Å². The Bertz CT molecular complexity index is 747. The first-order valence-corrected chi connectivity index (χ1v) is 7.64. The number of hydrogen-bond acceptors (Lipinski definition) is 7. The molecule has 1 saturated heterocycles. The standard InChI is InChI=1S/C15H19N5O4/c1-2-3-4-11(22)19-14-12-15(17-7-16-14)20(8-18-12)9-6-24-10(5-21)13(9)23/h2,7-10,13,21,23H,1,3-6H2,(H,16,17,19,22)/t9-,10-,13+/m1/s1. The largest absolute Gasteiger partial charge is 0.394 e. The molecule has 1 aliphatic heterocycles. The number of nitrogens with zero attached hydrogens (tertiary/aromatic N) is 4. The van der Waals surface area contributed by atoms with Crippen LogP contribution in [0.4, 0.5) is 5.82 Å². The molecule has 0 aromatic carbocycles. The van der Waals surface area contributed by atoms with Gasteiger partial charge >= 0.3 is 0 Å². The van der Waals surface area contributed by atoms with Gasteiger partial charge in [-0.2, -0.15) is 0 Å². The lowest BCUT2D eigenvalue weighted by molar-refractivity contribution is -0.116. The van der Waals surface area contributed by atoms with Crippen LogP contribution in [-0.2, 0) is 9.53 Å². The Kier molecular flexibility index (Phi) is 4.84. The predicted molar refractivity (Wildman–Crippen MR) is 85.3 cm³/mol. The first kappa shape index (κ1) is 16.5. The summed E-state index contributed by atoms with van der Waals surface area (Å²) in [4.78, 5) is 24.4. The van der Waals surface area contributed by atoms with Gasteiger partial charge in [-0.25, -0.2) is 15.0 Å². The molecular formula is C15H19N5O4. The molecule has 0 saturated carbocycles. The van der Waals surface area contributed by atoms with Gasteiger partial charge in [0.15, 0.2) is 17.0 Å². The number of imidazole rings is 1. The molecule has 128 valence electrons. The van der Waals surface area contributed by atoms with Crippen LogP contribution in [0.15, 0.2) is 25.3 Å². The molecule has 2 aromatic rings. The summed E-state index contributed by atoms with van der Waals surface area (Å²) in [6.07, 6.45) is 3.90. The van der Waals surface area contributed by atoms with Crippen LogP contribution >= 0.6 is 0 Å². The van der Waals surface area contributed by atoms with E-state index in [1.165, 1.54) is 12.7 Å². The fourth-order valence-corrected chi connectivity index (χ4v) is 2.69. The molecule has 0 aliphatic carbocycles. The molecule has 3 atom stereocenters. The van der Waals surface area contributed by atoms with Gasteiger partial charge in [0.05, 0.1) is 25.6 Å². The van der Waals surface area contributed by atoms with Gasteiger partial charge in [0.2, 0.25) is 5.91 Å². The third kappa shape index (κ3) is 3.01. The molecule has 1 fully saturated rings. The van der Waals surface area contributed by atoms with E-state index in [0.717, 1.165) is 0 Å². The number of anilines is 1. The Morgan fingerprint density at radius 1 is 1.50 bits per heavy atom. The molecule has 1 amide bonds. The highest BCUT2D eigenvalue weighted by Crippen LogP contribution is 2.28. The van der Waals surface area contributed by atoms with Crippen LogP contribution in [-0.4, -0.2) is 61.1 Å². The Morgan fingerprint density at radius 2 is 2.33 bits per heavy atom. The van der Waals surface area contributed by atoms with Crippen molar-refractivity contribution in [1.29, 1.82) is 0 Å². The predicted octanol–water partition coefficient (Wildman–Crippen LogP) is 0.0241. The lowest BCUT2D eigenvalue weighted by Gasteiger charge is -2.17. The van der Waals surface area contributed by atoms with E-state index >= 15 is 0 Å². The Labute approximate surface area is 138 Å². The van der Waals surface area contributed by atoms with E-state index in [-0.39, 0.29) is 19.1 Å². The molecule has 24 heavy (non-hydrogen) atoms. The van der Waals surface area contributed by atoms with E-state index in [2.05, 4.69) is 26.8 Å². The monoisotopic (exact) mass is 333 g/mol. The molecule has 1 aliphatic rings. The zero-order chi connectivity index (χ0) is 17.1. The van der Waals surface area contributed by atoms with Crippen molar-refractivity contribution in [3.63, 3.8) is 0 Å². The van der Waals surface area contributed by atoms with E-state index < -0.39 is 18.2 Å². The third-order valence-corrected chi connectivity index (χ3v) is 3.99. The fraction of sp³-hybridized carbons (Fsp3) is 0.467. The number of aliphatic hydroxyl groups excluding tert-OH is 2. The average Bonchev–Trinajstić information content (AvgIpc) is 3.16. The summed E-state index contributed by atoms with van der Waals surface area (Å²) in [5.74, 6) is 0.133. The summed E-state index contributed by atoms with van der Waals surface area (Å²) in [5, 5.41) is 22.1. The number of aromatic nitrogens is 4. The van der Waals surface area contributed by atoms with E-state index in [1.807, 2.05) is 0 Å². The van der Waals surface area contributed by atoms with Crippen molar-refractivity contribution < 1.29 is 19.7 Å². The first-order valence-electron chi connectivity index (χ1n) is 7.64. The maximum atomic E-state index is 11.9. The zero-order valence-electron chi connectivity index (χ0n) is 13.0. The summed E-state index contributed by atoms with van der Waals surface area (Å²) in [6, 6.07) is -0.411. The van der Waals surface area contributed by atoms with E-state index in [9.17, 15) is 15.0 Å². The Balaban J connectivity index is 1.87. The number of allylic oxidation sites excluding steroid dienone is 1. The van der Waals surface area contributed by atoms with Gasteiger partial charge in [-0.15, -0.1) is 6.58 Å². The minimum atomic E-state index is -0.868. The number of fused-ring (bicyclic) bond motifs is 1. The van der Waals surface area contributed by atoms with Crippen LogP contribution in [0.3, 0.4) is 0 Å². The molecular weight excluding hydrogens is 314 g/mol. The number of aliphatic hydroxyl groups is 2. The molecule has 3 rings (SSSR count). The SMILES string of the molecule is C=CCCC(=O)Nc1ncnc2c1ncn2[C@@H]1CO[C@H](CO)[C@H]1O. The molecule has 9 heteroatoms. The Hall–Kier alpha value is -2.36. The molecule has 0 bridgehead atoms. The number of hydrogen-bond donors (Lipinski definition) is 3. The number of carbonyl (C=O) groups excluding carboxylic acids is 1. The minimum Gasteiger partial charge on any atom is -0.394 e. The van der Waals surface area contributed by atoms with Crippen molar-refractivity contribution in [3.8, 4) is 0 Å². The topological polar surface area (TPSA) is 122 Å². The molecule has 0 radical (unpaired) electrons. The summed E-state index contributed by atoms with van der Waals surface area (Å²) in [6.45, 7) is 3.56. The van der Waals surface area contributed by atoms with Gasteiger partial charge < -0.3 is 24.8 Å². The summed E-state index contributed by atoms with van der Waals surface area (Å²) in [5.41, 5.74) is 0.916. The second-order valence-electron chi connectivity index (χ2n) is 5.53. The second-order valence-corrected chi connectivity index (χ2v) is 5.53. The van der Waals surface area contributed by atoms with Crippen LogP contribution in [0.25, 0.3) is 11.2 Å². The number of rotatable bonds is 6. The van der Waals surface area contributed by atoms with Crippen molar-refractivity contribution in [2.75, 3.05) is 18.5 Å². The van der Waals surface area contributed by atoms with Gasteiger partial charge in [-0.05, 0) is 6.42 Å². The maximum absolute atomic E-state index is 11.9. The van der Waals surface area contributed by atoms with Gasteiger partial charge in [0.25, 0.3) is 0 Å². The molecule has 2 aromatic heterocycles. The molecule has 9 nitrogen and oxygen atoms in total. The quantitative estimate of drug-likeness (QED) is 0.637. The van der Waals surface area contributed by atoms with Crippen molar-refractivity contribution in [3.05, 3.63) is 25.3 Å². The number of ether oxygens (including phenoxy) is 1. The van der Waals surface area contributed by atoms with Crippen molar-refractivity contribution in [2.24, 2.45) is 0 Å². The van der Waals surface area contributed by atoms with E-state index in [1.54, 1.807) is 10.6 Å². The van der Waals surface area contributed by atoms with Gasteiger partial charge in [0.1, 0.15) is 18.5 Å². The van der Waals surface area contributed by atoms with E-state index in [0.29, 0.717) is 29.8 Å². The van der Waals surface area contributed by atoms with Crippen molar-refractivity contribution in [2.45, 2.75) is 31.1 Å². The maximum Gasteiger partial charge on any atom is 0.225 e. The highest BCUT2D eigenvalue weighted by atomic mass is 16.5. The van der Waals surface area contributed by atoms with Crippen LogP contribution < -0.4 is 5.32 Å². The highest BCUT2D eigenvalue weighted by molar-refractivity contribution is 5.96. The number of carbonyl (C=O) groups is 1. The summed E-state index contributed by atoms with van der Waals surface area (Å²) in [7, 11) is 0. The Morgan fingerprint density at radius 3 is 3.04 bits per heavy atom. The van der Waals surface area contributed by atoms with Crippen molar-refractivity contribution >= 4 is 22.9 Å². The highest BCUT2D eigenvalue weighted by Gasteiger charge is 2.37. The first-order chi connectivity index (χ1) is 11.7. The van der Waals surface area contributed by atoms with Gasteiger partial charge in [-0.3, -0.25) is 4.79 Å². The average molecular weight is 333 g/mol. The van der Waals surface area contributed by atoms with Crippen LogP contribution in [0.2, 0.25) is 0 Å². The van der Waals surface area contributed by atoms with Crippen LogP contribution in [0, 0.1) is 0 Å². The second kappa shape index (κ2) is 7.04. The third-order valence-electron chi connectivity index (χ3n) is 3.99. The lowest BCUT2D eigenvalue weighted by Crippen LogP contribution is -2.30. The molecule has 0 unspecified atom stereocenters. The summed E-state index contributed by atoms with van der Waals surface area (Å²) < 4.78 is 7.04. The van der Waals surface area contributed by atoms with Gasteiger partial charge in [-0.1, -0.05) is 6.08 Å². The normalized spacial score (nSPS) is 23.5. The lowest BCUT2D eigenvalue weighted by atomic mass is 10.1. The molecule has 3 N–H and O–H groups in total. The molecule has 0 spiro atoms.